The molecule has 13 aromatic rings. The minimum Gasteiger partial charge on any atom is -0.309 e. The van der Waals surface area contributed by atoms with E-state index in [-0.39, 0.29) is 0 Å². The second-order valence-corrected chi connectivity index (χ2v) is 20.5. The van der Waals surface area contributed by atoms with Gasteiger partial charge < -0.3 is 13.7 Å². The Kier molecular flexibility index (Phi) is 10.0. The van der Waals surface area contributed by atoms with Crippen LogP contribution in [0.5, 0.6) is 0 Å². The van der Waals surface area contributed by atoms with Crippen molar-refractivity contribution >= 4 is 65.4 Å². The zero-order valence-electron chi connectivity index (χ0n) is 43.3. The fourth-order valence-electron chi connectivity index (χ4n) is 12.4. The number of rotatable bonds is 6. The van der Waals surface area contributed by atoms with Gasteiger partial charge in [0, 0.05) is 66.1 Å². The fraction of sp³-hybridized carbons (Fsp3) is 0.147. The molecule has 0 unspecified atom stereocenters. The quantitative estimate of drug-likeness (QED) is 0.167. The third-order valence-electron chi connectivity index (χ3n) is 16.6. The molecule has 354 valence electrons. The zero-order chi connectivity index (χ0) is 50.1. The van der Waals surface area contributed by atoms with Crippen molar-refractivity contribution in [1.82, 2.24) is 23.7 Å². The lowest BCUT2D eigenvalue weighted by Crippen LogP contribution is -2.06. The van der Waals surface area contributed by atoms with E-state index in [0.29, 0.717) is 0 Å². The van der Waals surface area contributed by atoms with Gasteiger partial charge >= 0.3 is 0 Å². The van der Waals surface area contributed by atoms with Gasteiger partial charge in [0.25, 0.3) is 0 Å². The average Bonchev–Trinajstić information content (AvgIpc) is 4.07. The predicted octanol–water partition coefficient (Wildman–Crippen LogP) is 17.9. The molecule has 0 amide bonds. The van der Waals surface area contributed by atoms with Crippen LogP contribution in [0.3, 0.4) is 0 Å². The summed E-state index contributed by atoms with van der Waals surface area (Å²) in [7, 11) is 0. The molecule has 0 atom stereocenters. The van der Waals surface area contributed by atoms with Crippen molar-refractivity contribution in [2.45, 2.75) is 69.2 Å². The Morgan fingerprint density at radius 2 is 0.699 bits per heavy atom. The van der Waals surface area contributed by atoms with E-state index in [2.05, 4.69) is 240 Å². The Bertz CT molecular complexity index is 4110. The third-order valence-corrected chi connectivity index (χ3v) is 16.6. The molecule has 0 aliphatic heterocycles. The summed E-state index contributed by atoms with van der Waals surface area (Å²) in [5, 5.41) is 7.63. The normalized spacial score (nSPS) is 12.0. The Morgan fingerprint density at radius 3 is 1.10 bits per heavy atom. The van der Waals surface area contributed by atoms with Gasteiger partial charge in [-0.2, -0.15) is 0 Å². The van der Waals surface area contributed by atoms with Gasteiger partial charge in [0.1, 0.15) is 5.82 Å². The molecule has 4 aromatic heterocycles. The molecule has 0 saturated heterocycles. The topological polar surface area (TPSA) is 40.6 Å². The highest BCUT2D eigenvalue weighted by atomic mass is 15.0. The summed E-state index contributed by atoms with van der Waals surface area (Å²) in [6.07, 6.45) is 0. The van der Waals surface area contributed by atoms with Crippen LogP contribution in [-0.4, -0.2) is 23.7 Å². The van der Waals surface area contributed by atoms with Gasteiger partial charge in [0.2, 0.25) is 0 Å². The summed E-state index contributed by atoms with van der Waals surface area (Å²) >= 11 is 0. The maximum atomic E-state index is 5.19. The first kappa shape index (κ1) is 44.4. The van der Waals surface area contributed by atoms with Crippen LogP contribution in [-0.2, 0) is 0 Å². The van der Waals surface area contributed by atoms with E-state index in [1.54, 1.807) is 0 Å². The smallest absolute Gasteiger partial charge is 0.126 e. The first-order valence-electron chi connectivity index (χ1n) is 25.6. The Hall–Kier alpha value is -8.54. The van der Waals surface area contributed by atoms with Crippen molar-refractivity contribution < 1.29 is 0 Å². The molecule has 4 heterocycles. The van der Waals surface area contributed by atoms with Gasteiger partial charge in [0.15, 0.2) is 0 Å². The van der Waals surface area contributed by atoms with E-state index in [0.717, 1.165) is 62.1 Å². The molecule has 0 N–H and O–H groups in total. The summed E-state index contributed by atoms with van der Waals surface area (Å²) in [4.78, 5) is 9.96. The van der Waals surface area contributed by atoms with Crippen LogP contribution in [0, 0.1) is 69.2 Å². The van der Waals surface area contributed by atoms with E-state index in [1.165, 1.54) is 110 Å². The SMILES string of the molecule is Cc1cc(-c2cc(-c3cccc(-n4c5ccccc5c5ccccc54)c3)c(-n3c4c(C)c(C)c(C)c(C)c4c4c(C)c(C)c(C)c(C)c43)c(-c3cccc(-n4c5ccccc5c5ccccc54)c3)c2)nc(C)n1. The first-order chi connectivity index (χ1) is 35.4. The van der Waals surface area contributed by atoms with Gasteiger partial charge in [-0.3, -0.25) is 0 Å². The zero-order valence-corrected chi connectivity index (χ0v) is 43.3. The van der Waals surface area contributed by atoms with Gasteiger partial charge in [-0.1, -0.05) is 97.1 Å². The lowest BCUT2D eigenvalue weighted by molar-refractivity contribution is 1.02. The van der Waals surface area contributed by atoms with E-state index in [1.807, 2.05) is 6.92 Å². The molecule has 9 aromatic carbocycles. The van der Waals surface area contributed by atoms with Crippen molar-refractivity contribution in [3.8, 4) is 50.6 Å². The molecule has 5 nitrogen and oxygen atoms in total. The molecule has 0 aliphatic rings. The van der Waals surface area contributed by atoms with Crippen molar-refractivity contribution in [1.29, 1.82) is 0 Å². The number of hydrogen-bond acceptors (Lipinski definition) is 2. The first-order valence-corrected chi connectivity index (χ1v) is 25.6. The Morgan fingerprint density at radius 1 is 0.315 bits per heavy atom. The third kappa shape index (κ3) is 6.54. The summed E-state index contributed by atoms with van der Waals surface area (Å²) in [6.45, 7) is 22.7. The lowest BCUT2D eigenvalue weighted by Gasteiger charge is -2.24. The van der Waals surface area contributed by atoms with Crippen LogP contribution in [0.25, 0.3) is 116 Å². The van der Waals surface area contributed by atoms with Gasteiger partial charge in [0.05, 0.1) is 44.5 Å². The Balaban J connectivity index is 1.22. The number of aromatic nitrogens is 5. The number of aryl methyl sites for hydroxylation is 6. The molecule has 0 spiro atoms. The molecular formula is C68H57N5. The van der Waals surface area contributed by atoms with E-state index in [4.69, 9.17) is 9.97 Å². The van der Waals surface area contributed by atoms with Gasteiger partial charge in [-0.15, -0.1) is 0 Å². The van der Waals surface area contributed by atoms with Crippen LogP contribution >= 0.6 is 0 Å². The van der Waals surface area contributed by atoms with Crippen LogP contribution < -0.4 is 0 Å². The average molecular weight is 944 g/mol. The number of para-hydroxylation sites is 4. The summed E-state index contributed by atoms with van der Waals surface area (Å²) < 4.78 is 7.55. The molecule has 13 rings (SSSR count). The summed E-state index contributed by atoms with van der Waals surface area (Å²) in [5.74, 6) is 0.750. The number of fused-ring (bicyclic) bond motifs is 9. The number of nitrogens with zero attached hydrogens (tertiary/aromatic N) is 5. The largest absolute Gasteiger partial charge is 0.309 e. The molecule has 0 bridgehead atoms. The molecule has 0 aliphatic carbocycles. The standard InChI is InChI=1S/C68H57N5/c1-38-33-59(70-47(10)69-38)50-36-57(48-21-19-23-51(34-48)71-60-29-15-11-25-53(60)54-26-12-16-30-61(54)71)68(73-66-45(8)41(4)39(2)43(6)64(66)65-44(7)40(3)42(5)46(9)67(65)73)58(37-50)49-22-20-24-52(35-49)72-62-31-17-13-27-55(62)56-28-14-18-32-63(56)72/h11-37H,1-10H3. The van der Waals surface area contributed by atoms with E-state index in [9.17, 15) is 0 Å². The molecule has 0 fully saturated rings. The number of benzene rings is 9. The second-order valence-electron chi connectivity index (χ2n) is 20.5. The van der Waals surface area contributed by atoms with Crippen molar-refractivity contribution in [3.05, 3.63) is 220 Å². The molecule has 5 heteroatoms. The van der Waals surface area contributed by atoms with Crippen molar-refractivity contribution in [2.24, 2.45) is 0 Å². The van der Waals surface area contributed by atoms with Gasteiger partial charge in [-0.05, 0) is 192 Å². The lowest BCUT2D eigenvalue weighted by atomic mass is 9.90. The van der Waals surface area contributed by atoms with Crippen LogP contribution in [0.2, 0.25) is 0 Å². The summed E-state index contributed by atoms with van der Waals surface area (Å²) in [5.41, 5.74) is 28.5. The van der Waals surface area contributed by atoms with E-state index < -0.39 is 0 Å². The number of hydrogen-bond donors (Lipinski definition) is 0. The predicted molar refractivity (Wildman–Crippen MR) is 309 cm³/mol. The monoisotopic (exact) mass is 943 g/mol. The molecule has 0 radical (unpaired) electrons. The Labute approximate surface area is 426 Å². The summed E-state index contributed by atoms with van der Waals surface area (Å²) in [6, 6.07) is 60.6. The van der Waals surface area contributed by atoms with Crippen LogP contribution in [0.15, 0.2) is 164 Å². The minimum atomic E-state index is 0.750. The fourth-order valence-corrected chi connectivity index (χ4v) is 12.4. The highest BCUT2D eigenvalue weighted by Gasteiger charge is 2.29. The maximum absolute atomic E-state index is 5.19. The van der Waals surface area contributed by atoms with Crippen molar-refractivity contribution in [2.75, 3.05) is 0 Å². The second kappa shape index (κ2) is 16.5. The molecular weight excluding hydrogens is 887 g/mol. The molecule has 73 heavy (non-hydrogen) atoms. The highest BCUT2D eigenvalue weighted by Crippen LogP contribution is 2.49. The highest BCUT2D eigenvalue weighted by molar-refractivity contribution is 6.17. The molecule has 0 saturated carbocycles. The van der Waals surface area contributed by atoms with Crippen LogP contribution in [0.1, 0.15) is 56.0 Å². The maximum Gasteiger partial charge on any atom is 0.126 e. The van der Waals surface area contributed by atoms with Crippen molar-refractivity contribution in [3.63, 3.8) is 0 Å². The van der Waals surface area contributed by atoms with Crippen LogP contribution in [0.4, 0.5) is 0 Å². The minimum absolute atomic E-state index is 0.750. The van der Waals surface area contributed by atoms with Gasteiger partial charge in [-0.25, -0.2) is 9.97 Å². The van der Waals surface area contributed by atoms with E-state index >= 15 is 0 Å².